The number of amides is 1. The van der Waals surface area contributed by atoms with Crippen LogP contribution in [0.2, 0.25) is 0 Å². The van der Waals surface area contributed by atoms with Crippen molar-refractivity contribution in [1.82, 2.24) is 14.9 Å². The summed E-state index contributed by atoms with van der Waals surface area (Å²) in [6.45, 7) is 3.33. The lowest BCUT2D eigenvalue weighted by molar-refractivity contribution is -0.142. The standard InChI is InChI=1S/C12H17N3O5/c1-7(2)5-8(11(18)19)13-10(17)6-15-4-3-9(16)14-12(15)20/h3-4,7-8H,5-6H2,1-2H3,(H,13,17)(H,18,19)(H,14,16,20)/t8-/m1/s1. The van der Waals surface area contributed by atoms with E-state index in [-0.39, 0.29) is 12.5 Å². The van der Waals surface area contributed by atoms with Crippen molar-refractivity contribution in [3.8, 4) is 0 Å². The minimum Gasteiger partial charge on any atom is -0.480 e. The SMILES string of the molecule is CC(C)C[C@@H](NC(=O)Cn1ccc(=O)[nH]c1=O)C(=O)O. The number of H-pyrrole nitrogens is 1. The number of rotatable bonds is 6. The molecule has 20 heavy (non-hydrogen) atoms. The number of nitrogens with one attached hydrogen (secondary N) is 2. The van der Waals surface area contributed by atoms with Crippen LogP contribution in [0.25, 0.3) is 0 Å². The number of hydrogen-bond donors (Lipinski definition) is 3. The molecular formula is C12H17N3O5. The number of carboxylic acid groups (broad SMARTS) is 1. The highest BCUT2D eigenvalue weighted by atomic mass is 16.4. The molecule has 1 amide bonds. The molecule has 0 spiro atoms. The summed E-state index contributed by atoms with van der Waals surface area (Å²) in [5, 5.41) is 11.3. The van der Waals surface area contributed by atoms with Gasteiger partial charge in [0.2, 0.25) is 5.91 Å². The molecule has 1 heterocycles. The molecule has 110 valence electrons. The van der Waals surface area contributed by atoms with E-state index in [1.165, 1.54) is 6.20 Å². The molecule has 0 fully saturated rings. The van der Waals surface area contributed by atoms with E-state index in [0.717, 1.165) is 10.6 Å². The third-order valence-electron chi connectivity index (χ3n) is 2.55. The largest absolute Gasteiger partial charge is 0.480 e. The van der Waals surface area contributed by atoms with Gasteiger partial charge in [0.05, 0.1) is 0 Å². The molecule has 1 aromatic rings. The van der Waals surface area contributed by atoms with Gasteiger partial charge in [-0.3, -0.25) is 19.1 Å². The Morgan fingerprint density at radius 2 is 2.05 bits per heavy atom. The molecule has 1 rings (SSSR count). The predicted molar refractivity (Wildman–Crippen MR) is 70.3 cm³/mol. The minimum atomic E-state index is -1.12. The number of hydrogen-bond acceptors (Lipinski definition) is 4. The van der Waals surface area contributed by atoms with Crippen LogP contribution in [-0.4, -0.2) is 32.6 Å². The molecule has 0 aromatic carbocycles. The van der Waals surface area contributed by atoms with Gasteiger partial charge in [-0.2, -0.15) is 0 Å². The van der Waals surface area contributed by atoms with Crippen LogP contribution in [0.3, 0.4) is 0 Å². The average Bonchev–Trinajstić information content (AvgIpc) is 2.31. The zero-order valence-corrected chi connectivity index (χ0v) is 11.3. The van der Waals surface area contributed by atoms with Crippen molar-refractivity contribution in [2.45, 2.75) is 32.9 Å². The van der Waals surface area contributed by atoms with Crippen LogP contribution in [0.1, 0.15) is 20.3 Å². The van der Waals surface area contributed by atoms with Crippen LogP contribution in [0.4, 0.5) is 0 Å². The van der Waals surface area contributed by atoms with Crippen LogP contribution < -0.4 is 16.6 Å². The Morgan fingerprint density at radius 3 is 2.55 bits per heavy atom. The minimum absolute atomic E-state index is 0.104. The Morgan fingerprint density at radius 1 is 1.40 bits per heavy atom. The van der Waals surface area contributed by atoms with E-state index in [0.29, 0.717) is 6.42 Å². The topological polar surface area (TPSA) is 121 Å². The van der Waals surface area contributed by atoms with Crippen LogP contribution >= 0.6 is 0 Å². The van der Waals surface area contributed by atoms with Crippen LogP contribution in [0, 0.1) is 5.92 Å². The summed E-state index contributed by atoms with van der Waals surface area (Å²) in [6, 6.07) is 0.109. The Bertz CT molecular complexity index is 602. The first-order valence-electron chi connectivity index (χ1n) is 6.11. The van der Waals surface area contributed by atoms with E-state index >= 15 is 0 Å². The second-order valence-corrected chi connectivity index (χ2v) is 4.83. The zero-order valence-electron chi connectivity index (χ0n) is 11.3. The molecule has 1 atom stereocenters. The van der Waals surface area contributed by atoms with E-state index in [2.05, 4.69) is 5.32 Å². The number of carbonyl (C=O) groups excluding carboxylic acids is 1. The van der Waals surface area contributed by atoms with Gasteiger partial charge in [-0.15, -0.1) is 0 Å². The number of aromatic amines is 1. The maximum absolute atomic E-state index is 11.7. The third kappa shape index (κ3) is 4.71. The normalized spacial score (nSPS) is 12.2. The van der Waals surface area contributed by atoms with Crippen LogP contribution in [-0.2, 0) is 16.1 Å². The summed E-state index contributed by atoms with van der Waals surface area (Å²) in [5.74, 6) is -1.62. The Hall–Kier alpha value is -2.38. The highest BCUT2D eigenvalue weighted by Gasteiger charge is 2.21. The molecule has 0 saturated heterocycles. The lowest BCUT2D eigenvalue weighted by Crippen LogP contribution is -2.44. The van der Waals surface area contributed by atoms with Crippen molar-refractivity contribution >= 4 is 11.9 Å². The fraction of sp³-hybridized carbons (Fsp3) is 0.500. The van der Waals surface area contributed by atoms with Gasteiger partial charge in [-0.05, 0) is 12.3 Å². The van der Waals surface area contributed by atoms with E-state index in [1.807, 2.05) is 18.8 Å². The molecule has 0 aliphatic rings. The van der Waals surface area contributed by atoms with Crippen LogP contribution in [0.15, 0.2) is 21.9 Å². The predicted octanol–water partition coefficient (Wildman–Crippen LogP) is -0.848. The van der Waals surface area contributed by atoms with Gasteiger partial charge in [0.25, 0.3) is 5.56 Å². The monoisotopic (exact) mass is 283 g/mol. The van der Waals surface area contributed by atoms with Crippen molar-refractivity contribution in [2.75, 3.05) is 0 Å². The summed E-state index contributed by atoms with van der Waals surface area (Å²) in [7, 11) is 0. The lowest BCUT2D eigenvalue weighted by atomic mass is 10.0. The molecule has 0 radical (unpaired) electrons. The fourth-order valence-corrected chi connectivity index (χ4v) is 1.66. The molecular weight excluding hydrogens is 266 g/mol. The molecule has 0 bridgehead atoms. The van der Waals surface area contributed by atoms with Gasteiger partial charge in [0.1, 0.15) is 12.6 Å². The van der Waals surface area contributed by atoms with E-state index in [1.54, 1.807) is 0 Å². The average molecular weight is 283 g/mol. The molecule has 1 aromatic heterocycles. The summed E-state index contributed by atoms with van der Waals surface area (Å²) in [6.07, 6.45) is 1.47. The van der Waals surface area contributed by atoms with Crippen molar-refractivity contribution in [3.05, 3.63) is 33.1 Å². The summed E-state index contributed by atoms with van der Waals surface area (Å²) in [4.78, 5) is 47.0. The Balaban J connectivity index is 2.73. The summed E-state index contributed by atoms with van der Waals surface area (Å²) < 4.78 is 0.991. The second kappa shape index (κ2) is 6.69. The molecule has 0 saturated carbocycles. The first-order valence-corrected chi connectivity index (χ1v) is 6.11. The summed E-state index contributed by atoms with van der Waals surface area (Å²) >= 11 is 0. The highest BCUT2D eigenvalue weighted by molar-refractivity contribution is 5.83. The quantitative estimate of drug-likeness (QED) is 0.628. The number of carboxylic acids is 1. The van der Waals surface area contributed by atoms with Crippen molar-refractivity contribution in [1.29, 1.82) is 0 Å². The second-order valence-electron chi connectivity index (χ2n) is 4.83. The highest BCUT2D eigenvalue weighted by Crippen LogP contribution is 2.04. The molecule has 0 aliphatic carbocycles. The van der Waals surface area contributed by atoms with Gasteiger partial charge in [-0.1, -0.05) is 13.8 Å². The molecule has 0 unspecified atom stereocenters. The fourth-order valence-electron chi connectivity index (χ4n) is 1.66. The van der Waals surface area contributed by atoms with E-state index in [4.69, 9.17) is 5.11 Å². The zero-order chi connectivity index (χ0) is 15.3. The molecule has 3 N–H and O–H groups in total. The van der Waals surface area contributed by atoms with E-state index < -0.39 is 29.2 Å². The first-order chi connectivity index (χ1) is 9.29. The van der Waals surface area contributed by atoms with Crippen molar-refractivity contribution in [3.63, 3.8) is 0 Å². The maximum atomic E-state index is 11.7. The van der Waals surface area contributed by atoms with Crippen molar-refractivity contribution in [2.24, 2.45) is 5.92 Å². The number of nitrogens with zero attached hydrogens (tertiary/aromatic N) is 1. The molecule has 8 nitrogen and oxygen atoms in total. The maximum Gasteiger partial charge on any atom is 0.328 e. The first kappa shape index (κ1) is 15.7. The number of aromatic nitrogens is 2. The Labute approximate surface area is 114 Å². The Kier molecular flexibility index (Phi) is 5.24. The smallest absolute Gasteiger partial charge is 0.328 e. The third-order valence-corrected chi connectivity index (χ3v) is 2.55. The number of carbonyl (C=O) groups is 2. The molecule has 0 aliphatic heterocycles. The molecule has 8 heteroatoms. The van der Waals surface area contributed by atoms with Gasteiger partial charge < -0.3 is 10.4 Å². The van der Waals surface area contributed by atoms with Crippen molar-refractivity contribution < 1.29 is 14.7 Å². The van der Waals surface area contributed by atoms with E-state index in [9.17, 15) is 19.2 Å². The van der Waals surface area contributed by atoms with Gasteiger partial charge in [-0.25, -0.2) is 9.59 Å². The number of aliphatic carboxylic acids is 1. The van der Waals surface area contributed by atoms with Gasteiger partial charge in [0.15, 0.2) is 0 Å². The lowest BCUT2D eigenvalue weighted by Gasteiger charge is -2.16. The van der Waals surface area contributed by atoms with Crippen LogP contribution in [0.5, 0.6) is 0 Å². The summed E-state index contributed by atoms with van der Waals surface area (Å²) in [5.41, 5.74) is -1.28. The van der Waals surface area contributed by atoms with Gasteiger partial charge in [0, 0.05) is 12.3 Å². The van der Waals surface area contributed by atoms with Gasteiger partial charge >= 0.3 is 11.7 Å².